The van der Waals surface area contributed by atoms with Gasteiger partial charge in [-0.3, -0.25) is 0 Å². The van der Waals surface area contributed by atoms with Crippen LogP contribution in [-0.2, 0) is 6.54 Å². The molecule has 0 bridgehead atoms. The van der Waals surface area contributed by atoms with Crippen LogP contribution in [0.2, 0.25) is 0 Å². The molecule has 0 spiro atoms. The second-order valence-electron chi connectivity index (χ2n) is 4.82. The summed E-state index contributed by atoms with van der Waals surface area (Å²) in [5.74, 6) is 0.920. The lowest BCUT2D eigenvalue weighted by Gasteiger charge is -2.14. The molecular weight excluding hydrogens is 238 g/mol. The van der Waals surface area contributed by atoms with E-state index in [4.69, 9.17) is 4.74 Å². The number of imidazole rings is 1. The largest absolute Gasteiger partial charge is 0.492 e. The van der Waals surface area contributed by atoms with Crippen LogP contribution in [0.4, 0.5) is 0 Å². The Morgan fingerprint density at radius 3 is 3.00 bits per heavy atom. The minimum atomic E-state index is 0.458. The zero-order valence-corrected chi connectivity index (χ0v) is 11.0. The molecule has 1 N–H and O–H groups in total. The number of ether oxygens (including phenoxy) is 1. The highest BCUT2D eigenvalue weighted by molar-refractivity contribution is 5.20. The van der Waals surface area contributed by atoms with Crippen molar-refractivity contribution in [3.05, 3.63) is 48.5 Å². The summed E-state index contributed by atoms with van der Waals surface area (Å²) in [6.07, 6.45) is 6.30. The minimum Gasteiger partial charge on any atom is -0.492 e. The number of rotatable bonds is 5. The van der Waals surface area contributed by atoms with Crippen molar-refractivity contribution in [1.82, 2.24) is 14.9 Å². The highest BCUT2D eigenvalue weighted by atomic mass is 16.5. The van der Waals surface area contributed by atoms with Gasteiger partial charge in [0.25, 0.3) is 0 Å². The molecular formula is C15H19N3O. The van der Waals surface area contributed by atoms with Crippen molar-refractivity contribution in [2.45, 2.75) is 25.4 Å². The first-order valence-electron chi connectivity index (χ1n) is 6.85. The first-order valence-corrected chi connectivity index (χ1v) is 6.85. The molecule has 0 radical (unpaired) electrons. The third kappa shape index (κ3) is 2.96. The Balaban J connectivity index is 1.57. The first kappa shape index (κ1) is 12.2. The van der Waals surface area contributed by atoms with Gasteiger partial charge in [0, 0.05) is 12.2 Å². The van der Waals surface area contributed by atoms with E-state index in [1.807, 2.05) is 42.9 Å². The monoisotopic (exact) mass is 257 g/mol. The molecule has 2 heterocycles. The molecule has 0 saturated carbocycles. The number of hydrogen-bond acceptors (Lipinski definition) is 3. The molecule has 4 nitrogen and oxygen atoms in total. The summed E-state index contributed by atoms with van der Waals surface area (Å²) < 4.78 is 7.91. The lowest BCUT2D eigenvalue weighted by molar-refractivity contribution is 0.295. The maximum Gasteiger partial charge on any atom is 0.119 e. The highest BCUT2D eigenvalue weighted by Gasteiger charge is 2.19. The Bertz CT molecular complexity index is 503. The maximum absolute atomic E-state index is 5.73. The number of aromatic nitrogens is 2. The van der Waals surface area contributed by atoms with E-state index in [0.717, 1.165) is 18.8 Å². The number of hydrogen-bond donors (Lipinski definition) is 1. The van der Waals surface area contributed by atoms with Crippen LogP contribution >= 0.6 is 0 Å². The molecule has 1 fully saturated rings. The van der Waals surface area contributed by atoms with Crippen LogP contribution in [0.15, 0.2) is 42.9 Å². The molecule has 1 saturated heterocycles. The van der Waals surface area contributed by atoms with E-state index in [1.165, 1.54) is 18.5 Å². The molecule has 0 amide bonds. The van der Waals surface area contributed by atoms with Crippen LogP contribution in [-0.4, -0.2) is 22.7 Å². The predicted octanol–water partition coefficient (Wildman–Crippen LogP) is 2.39. The van der Waals surface area contributed by atoms with Crippen molar-refractivity contribution in [2.75, 3.05) is 13.2 Å². The van der Waals surface area contributed by atoms with Gasteiger partial charge in [0.1, 0.15) is 12.4 Å². The third-order valence-electron chi connectivity index (χ3n) is 3.51. The van der Waals surface area contributed by atoms with Gasteiger partial charge in [-0.15, -0.1) is 0 Å². The number of nitrogens with zero attached hydrogens (tertiary/aromatic N) is 2. The molecule has 3 rings (SSSR count). The van der Waals surface area contributed by atoms with Crippen LogP contribution in [0.5, 0.6) is 5.75 Å². The average molecular weight is 257 g/mol. The summed E-state index contributed by atoms with van der Waals surface area (Å²) in [4.78, 5) is 4.26. The number of para-hydroxylation sites is 1. The summed E-state index contributed by atoms with van der Waals surface area (Å²) in [6.45, 7) is 2.61. The molecule has 19 heavy (non-hydrogen) atoms. The van der Waals surface area contributed by atoms with E-state index in [1.54, 1.807) is 0 Å². The molecule has 1 aromatic heterocycles. The minimum absolute atomic E-state index is 0.458. The predicted molar refractivity (Wildman–Crippen MR) is 74.1 cm³/mol. The summed E-state index contributed by atoms with van der Waals surface area (Å²) in [6, 6.07) is 10.4. The smallest absolute Gasteiger partial charge is 0.119 e. The fraction of sp³-hybridized carbons (Fsp3) is 0.400. The standard InChI is InChI=1S/C15H19N3O/c1-2-5-13(6-3-1)19-10-9-18-12-16-11-15(18)14-7-4-8-17-14/h1-3,5-6,11-12,14,17H,4,7-10H2/t14-/m0/s1. The quantitative estimate of drug-likeness (QED) is 0.894. The Morgan fingerprint density at radius 1 is 1.32 bits per heavy atom. The summed E-state index contributed by atoms with van der Waals surface area (Å²) >= 11 is 0. The molecule has 0 unspecified atom stereocenters. The van der Waals surface area contributed by atoms with Gasteiger partial charge >= 0.3 is 0 Å². The maximum atomic E-state index is 5.73. The van der Waals surface area contributed by atoms with Crippen LogP contribution in [0.1, 0.15) is 24.6 Å². The van der Waals surface area contributed by atoms with Gasteiger partial charge < -0.3 is 14.6 Å². The zero-order chi connectivity index (χ0) is 12.9. The van der Waals surface area contributed by atoms with Crippen molar-refractivity contribution in [2.24, 2.45) is 0 Å². The van der Waals surface area contributed by atoms with E-state index in [-0.39, 0.29) is 0 Å². The van der Waals surface area contributed by atoms with Crippen LogP contribution in [0, 0.1) is 0 Å². The second kappa shape index (κ2) is 5.89. The normalized spacial score (nSPS) is 18.6. The summed E-state index contributed by atoms with van der Waals surface area (Å²) in [7, 11) is 0. The molecule has 1 aliphatic heterocycles. The van der Waals surface area contributed by atoms with E-state index in [2.05, 4.69) is 14.9 Å². The van der Waals surface area contributed by atoms with E-state index in [0.29, 0.717) is 12.6 Å². The van der Waals surface area contributed by atoms with Crippen molar-refractivity contribution in [3.8, 4) is 5.75 Å². The Labute approximate surface area is 113 Å². The molecule has 4 heteroatoms. The molecule has 100 valence electrons. The Hall–Kier alpha value is -1.81. The third-order valence-corrected chi connectivity index (χ3v) is 3.51. The van der Waals surface area contributed by atoms with Gasteiger partial charge in [0.05, 0.1) is 18.6 Å². The molecule has 0 aliphatic carbocycles. The van der Waals surface area contributed by atoms with E-state index in [9.17, 15) is 0 Å². The molecule has 1 aliphatic rings. The van der Waals surface area contributed by atoms with Crippen LogP contribution < -0.4 is 10.1 Å². The van der Waals surface area contributed by atoms with Gasteiger partial charge in [0.2, 0.25) is 0 Å². The van der Waals surface area contributed by atoms with Crippen LogP contribution in [0.25, 0.3) is 0 Å². The highest BCUT2D eigenvalue weighted by Crippen LogP contribution is 2.22. The van der Waals surface area contributed by atoms with E-state index >= 15 is 0 Å². The van der Waals surface area contributed by atoms with Gasteiger partial charge in [-0.25, -0.2) is 4.98 Å². The molecule has 2 aromatic rings. The second-order valence-corrected chi connectivity index (χ2v) is 4.82. The van der Waals surface area contributed by atoms with Crippen molar-refractivity contribution in [3.63, 3.8) is 0 Å². The summed E-state index contributed by atoms with van der Waals surface area (Å²) in [5.41, 5.74) is 1.27. The lowest BCUT2D eigenvalue weighted by atomic mass is 10.2. The topological polar surface area (TPSA) is 39.1 Å². The summed E-state index contributed by atoms with van der Waals surface area (Å²) in [5, 5.41) is 3.51. The molecule has 1 aromatic carbocycles. The van der Waals surface area contributed by atoms with Crippen molar-refractivity contribution >= 4 is 0 Å². The van der Waals surface area contributed by atoms with Crippen molar-refractivity contribution < 1.29 is 4.74 Å². The van der Waals surface area contributed by atoms with Crippen LogP contribution in [0.3, 0.4) is 0 Å². The number of benzene rings is 1. The fourth-order valence-corrected chi connectivity index (χ4v) is 2.52. The Kier molecular flexibility index (Phi) is 3.79. The fourth-order valence-electron chi connectivity index (χ4n) is 2.52. The van der Waals surface area contributed by atoms with Gasteiger partial charge in [-0.1, -0.05) is 18.2 Å². The van der Waals surface area contributed by atoms with Gasteiger partial charge in [-0.05, 0) is 31.5 Å². The van der Waals surface area contributed by atoms with Gasteiger partial charge in [-0.2, -0.15) is 0 Å². The zero-order valence-electron chi connectivity index (χ0n) is 11.0. The average Bonchev–Trinajstić information content (AvgIpc) is 3.10. The van der Waals surface area contributed by atoms with Gasteiger partial charge in [0.15, 0.2) is 0 Å². The molecule has 1 atom stereocenters. The lowest BCUT2D eigenvalue weighted by Crippen LogP contribution is -2.18. The number of nitrogens with one attached hydrogen (secondary N) is 1. The Morgan fingerprint density at radius 2 is 2.21 bits per heavy atom. The SMILES string of the molecule is c1ccc(OCCn2cncc2[C@@H]2CCCN2)cc1. The van der Waals surface area contributed by atoms with Crippen molar-refractivity contribution in [1.29, 1.82) is 0 Å². The van der Waals surface area contributed by atoms with E-state index < -0.39 is 0 Å². The first-order chi connectivity index (χ1) is 9.43.